The zero-order chi connectivity index (χ0) is 15.3. The van der Waals surface area contributed by atoms with Gasteiger partial charge in [0.25, 0.3) is 10.0 Å². The molecule has 0 saturated carbocycles. The third-order valence-corrected chi connectivity index (χ3v) is 6.28. The van der Waals surface area contributed by atoms with Crippen LogP contribution < -0.4 is 5.32 Å². The number of thioether (sulfide) groups is 1. The van der Waals surface area contributed by atoms with Gasteiger partial charge in [0.1, 0.15) is 0 Å². The molecule has 7 heteroatoms. The van der Waals surface area contributed by atoms with Crippen LogP contribution in [0.15, 0.2) is 23.4 Å². The quantitative estimate of drug-likeness (QED) is 0.805. The van der Waals surface area contributed by atoms with E-state index in [9.17, 15) is 8.42 Å². The summed E-state index contributed by atoms with van der Waals surface area (Å²) in [4.78, 5) is 4.15. The molecule has 1 saturated heterocycles. The van der Waals surface area contributed by atoms with Crippen LogP contribution in [-0.2, 0) is 16.6 Å². The zero-order valence-electron chi connectivity index (χ0n) is 12.6. The van der Waals surface area contributed by atoms with Crippen molar-refractivity contribution < 1.29 is 8.42 Å². The molecule has 1 aromatic heterocycles. The molecule has 0 amide bonds. The fourth-order valence-corrected chi connectivity index (χ4v) is 4.88. The fraction of sp³-hybridized carbons (Fsp3) is 0.643. The van der Waals surface area contributed by atoms with E-state index in [1.807, 2.05) is 17.8 Å². The van der Waals surface area contributed by atoms with E-state index in [1.54, 1.807) is 16.6 Å². The number of rotatable bonds is 6. The molecule has 0 aliphatic carbocycles. The summed E-state index contributed by atoms with van der Waals surface area (Å²) < 4.78 is 26.6. The lowest BCUT2D eigenvalue weighted by Crippen LogP contribution is -2.41. The number of nitrogens with zero attached hydrogens (tertiary/aromatic N) is 2. The smallest absolute Gasteiger partial charge is 0.260 e. The van der Waals surface area contributed by atoms with Crippen molar-refractivity contribution in [3.63, 3.8) is 0 Å². The van der Waals surface area contributed by atoms with Gasteiger partial charge in [0.05, 0.1) is 0 Å². The van der Waals surface area contributed by atoms with Gasteiger partial charge in [-0.15, -0.1) is 0 Å². The minimum Gasteiger partial charge on any atom is -0.313 e. The maximum atomic E-state index is 12.5. The molecule has 0 spiro atoms. The molecule has 1 aromatic rings. The third-order valence-electron chi connectivity index (χ3n) is 3.36. The fourth-order valence-electron chi connectivity index (χ4n) is 2.21. The first-order valence-corrected chi connectivity index (χ1v) is 9.80. The van der Waals surface area contributed by atoms with Crippen molar-refractivity contribution in [1.82, 2.24) is 14.6 Å². The van der Waals surface area contributed by atoms with Gasteiger partial charge >= 0.3 is 0 Å². The van der Waals surface area contributed by atoms with Crippen molar-refractivity contribution in [2.24, 2.45) is 0 Å². The van der Waals surface area contributed by atoms with Crippen LogP contribution in [0.1, 0.15) is 25.8 Å². The number of pyridine rings is 1. The Bertz CT molecular complexity index is 546. The van der Waals surface area contributed by atoms with Crippen molar-refractivity contribution in [2.45, 2.75) is 37.1 Å². The molecule has 0 radical (unpaired) electrons. The van der Waals surface area contributed by atoms with E-state index in [0.29, 0.717) is 18.3 Å². The molecule has 1 N–H and O–H groups in total. The van der Waals surface area contributed by atoms with E-state index in [2.05, 4.69) is 24.1 Å². The van der Waals surface area contributed by atoms with Gasteiger partial charge in [0, 0.05) is 36.8 Å². The monoisotopic (exact) mass is 329 g/mol. The van der Waals surface area contributed by atoms with Crippen molar-refractivity contribution in [2.75, 3.05) is 25.4 Å². The molecule has 0 bridgehead atoms. The SMILES string of the molecule is CCCNCc1ccc(S(=O)(=O)N2CCSC(C)C2)nc1. The van der Waals surface area contributed by atoms with Crippen molar-refractivity contribution in [1.29, 1.82) is 0 Å². The van der Waals surface area contributed by atoms with E-state index in [4.69, 9.17) is 0 Å². The largest absolute Gasteiger partial charge is 0.313 e. The molecular weight excluding hydrogens is 306 g/mol. The summed E-state index contributed by atoms with van der Waals surface area (Å²) in [5.74, 6) is 0.847. The predicted octanol–water partition coefficient (Wildman–Crippen LogP) is 1.71. The Morgan fingerprint density at radius 3 is 2.90 bits per heavy atom. The third kappa shape index (κ3) is 4.42. The molecule has 1 aliphatic heterocycles. The molecular formula is C14H23N3O2S2. The van der Waals surface area contributed by atoms with Crippen LogP contribution in [0.2, 0.25) is 0 Å². The highest BCUT2D eigenvalue weighted by atomic mass is 32.2. The maximum absolute atomic E-state index is 12.5. The highest BCUT2D eigenvalue weighted by molar-refractivity contribution is 8.00. The van der Waals surface area contributed by atoms with Crippen LogP contribution in [0.25, 0.3) is 0 Å². The molecule has 0 aromatic carbocycles. The minimum absolute atomic E-state index is 0.154. The summed E-state index contributed by atoms with van der Waals surface area (Å²) >= 11 is 1.81. The van der Waals surface area contributed by atoms with Crippen LogP contribution in [0.5, 0.6) is 0 Å². The molecule has 1 unspecified atom stereocenters. The average molecular weight is 329 g/mol. The Labute approximate surface area is 131 Å². The molecule has 1 aliphatic rings. The first-order chi connectivity index (χ1) is 10.0. The molecule has 118 valence electrons. The Morgan fingerprint density at radius 1 is 1.48 bits per heavy atom. The van der Waals surface area contributed by atoms with Crippen molar-refractivity contribution >= 4 is 21.8 Å². The molecule has 5 nitrogen and oxygen atoms in total. The number of sulfonamides is 1. The molecule has 2 heterocycles. The second-order valence-corrected chi connectivity index (χ2v) is 8.66. The molecule has 1 atom stereocenters. The Kier molecular flexibility index (Phi) is 6.04. The van der Waals surface area contributed by atoms with Gasteiger partial charge in [-0.25, -0.2) is 13.4 Å². The maximum Gasteiger partial charge on any atom is 0.260 e. The Morgan fingerprint density at radius 2 is 2.29 bits per heavy atom. The van der Waals surface area contributed by atoms with E-state index in [-0.39, 0.29) is 5.03 Å². The predicted molar refractivity (Wildman–Crippen MR) is 86.9 cm³/mol. The molecule has 1 fully saturated rings. The number of hydrogen-bond donors (Lipinski definition) is 1. The topological polar surface area (TPSA) is 62.3 Å². The van der Waals surface area contributed by atoms with Crippen LogP contribution in [-0.4, -0.2) is 48.3 Å². The van der Waals surface area contributed by atoms with Crippen LogP contribution in [0, 0.1) is 0 Å². The summed E-state index contributed by atoms with van der Waals surface area (Å²) in [6, 6.07) is 3.45. The summed E-state index contributed by atoms with van der Waals surface area (Å²) in [5.41, 5.74) is 1.00. The minimum atomic E-state index is -3.45. The van der Waals surface area contributed by atoms with E-state index in [0.717, 1.165) is 30.8 Å². The van der Waals surface area contributed by atoms with Crippen LogP contribution in [0.4, 0.5) is 0 Å². The number of nitrogens with one attached hydrogen (secondary N) is 1. The van der Waals surface area contributed by atoms with Gasteiger partial charge in [-0.2, -0.15) is 16.1 Å². The van der Waals surface area contributed by atoms with E-state index >= 15 is 0 Å². The second-order valence-electron chi connectivity index (χ2n) is 5.23. The Hall–Kier alpha value is -0.630. The lowest BCUT2D eigenvalue weighted by molar-refractivity contribution is 0.422. The first-order valence-electron chi connectivity index (χ1n) is 7.31. The summed E-state index contributed by atoms with van der Waals surface area (Å²) in [5, 5.41) is 3.77. The van der Waals surface area contributed by atoms with Crippen LogP contribution >= 0.6 is 11.8 Å². The van der Waals surface area contributed by atoms with Crippen molar-refractivity contribution in [3.05, 3.63) is 23.9 Å². The average Bonchev–Trinajstić information content (AvgIpc) is 2.48. The lowest BCUT2D eigenvalue weighted by Gasteiger charge is -2.29. The summed E-state index contributed by atoms with van der Waals surface area (Å²) in [7, 11) is -3.45. The Balaban J connectivity index is 2.06. The van der Waals surface area contributed by atoms with Crippen LogP contribution in [0.3, 0.4) is 0 Å². The molecule has 2 rings (SSSR count). The van der Waals surface area contributed by atoms with Gasteiger partial charge < -0.3 is 5.32 Å². The second kappa shape index (κ2) is 7.58. The molecule has 21 heavy (non-hydrogen) atoms. The number of hydrogen-bond acceptors (Lipinski definition) is 5. The highest BCUT2D eigenvalue weighted by Gasteiger charge is 2.29. The van der Waals surface area contributed by atoms with Gasteiger partial charge in [-0.05, 0) is 24.6 Å². The van der Waals surface area contributed by atoms with E-state index in [1.165, 1.54) is 0 Å². The van der Waals surface area contributed by atoms with Crippen molar-refractivity contribution in [3.8, 4) is 0 Å². The summed E-state index contributed by atoms with van der Waals surface area (Å²) in [6.45, 7) is 6.97. The normalized spacial score (nSPS) is 20.6. The first kappa shape index (κ1) is 16.7. The zero-order valence-corrected chi connectivity index (χ0v) is 14.2. The van der Waals surface area contributed by atoms with Gasteiger partial charge in [-0.1, -0.05) is 19.9 Å². The standard InChI is InChI=1S/C14H23N3O2S2/c1-3-6-15-9-13-4-5-14(16-10-13)21(18,19)17-7-8-20-12(2)11-17/h4-5,10,12,15H,3,6-9,11H2,1-2H3. The van der Waals surface area contributed by atoms with Gasteiger partial charge in [-0.3, -0.25) is 0 Å². The van der Waals surface area contributed by atoms with Gasteiger partial charge in [0.2, 0.25) is 0 Å². The van der Waals surface area contributed by atoms with E-state index < -0.39 is 10.0 Å². The highest BCUT2D eigenvalue weighted by Crippen LogP contribution is 2.23. The summed E-state index contributed by atoms with van der Waals surface area (Å²) in [6.07, 6.45) is 2.72. The lowest BCUT2D eigenvalue weighted by atomic mass is 10.3. The number of aromatic nitrogens is 1. The van der Waals surface area contributed by atoms with Gasteiger partial charge in [0.15, 0.2) is 5.03 Å².